The minimum atomic E-state index is -1.42. The molecule has 0 heterocycles. The van der Waals surface area contributed by atoms with Gasteiger partial charge in [-0.05, 0) is 19.3 Å². The normalized spacial score (nSPS) is 10.9. The van der Waals surface area contributed by atoms with E-state index in [1.807, 2.05) is 6.92 Å². The van der Waals surface area contributed by atoms with Gasteiger partial charge in [0.25, 0.3) is 0 Å². The standard InChI is InChI=1S/C16H26O8/c1-6-9-16(14(19)21-4,15(20)22-5)10-7-8-13(23-11(2)17)24-12(3)18/h13H,6-10H2,1-5H3. The molecule has 0 aliphatic carbocycles. The third-order valence-corrected chi connectivity index (χ3v) is 3.47. The quantitative estimate of drug-likeness (QED) is 0.255. The number of hydrogen-bond donors (Lipinski definition) is 0. The molecular weight excluding hydrogens is 320 g/mol. The highest BCUT2D eigenvalue weighted by Gasteiger charge is 2.47. The van der Waals surface area contributed by atoms with Gasteiger partial charge >= 0.3 is 23.9 Å². The van der Waals surface area contributed by atoms with E-state index in [1.54, 1.807) is 0 Å². The first-order chi connectivity index (χ1) is 11.2. The SMILES string of the molecule is CCCC(CCCC(OC(C)=O)OC(C)=O)(C(=O)OC)C(=O)OC. The van der Waals surface area contributed by atoms with Crippen LogP contribution in [0.2, 0.25) is 0 Å². The number of esters is 4. The van der Waals surface area contributed by atoms with E-state index in [9.17, 15) is 19.2 Å². The zero-order valence-corrected chi connectivity index (χ0v) is 14.9. The summed E-state index contributed by atoms with van der Waals surface area (Å²) in [5.74, 6) is -2.54. The molecule has 0 aromatic rings. The van der Waals surface area contributed by atoms with Crippen molar-refractivity contribution in [3.05, 3.63) is 0 Å². The van der Waals surface area contributed by atoms with Gasteiger partial charge in [-0.2, -0.15) is 0 Å². The molecule has 0 bridgehead atoms. The van der Waals surface area contributed by atoms with Gasteiger partial charge in [0, 0.05) is 20.3 Å². The summed E-state index contributed by atoms with van der Waals surface area (Å²) < 4.78 is 19.3. The summed E-state index contributed by atoms with van der Waals surface area (Å²) in [5, 5.41) is 0. The van der Waals surface area contributed by atoms with Gasteiger partial charge in [0.05, 0.1) is 14.2 Å². The summed E-state index contributed by atoms with van der Waals surface area (Å²) in [4.78, 5) is 46.4. The van der Waals surface area contributed by atoms with Gasteiger partial charge in [-0.15, -0.1) is 0 Å². The number of methoxy groups -OCH3 is 2. The minimum Gasteiger partial charge on any atom is -0.468 e. The Balaban J connectivity index is 5.08. The lowest BCUT2D eigenvalue weighted by Gasteiger charge is -2.28. The van der Waals surface area contributed by atoms with Crippen molar-refractivity contribution in [1.29, 1.82) is 0 Å². The van der Waals surface area contributed by atoms with Crippen molar-refractivity contribution < 1.29 is 38.1 Å². The lowest BCUT2D eigenvalue weighted by molar-refractivity contribution is -0.187. The van der Waals surface area contributed by atoms with Crippen LogP contribution in [-0.4, -0.2) is 44.4 Å². The molecule has 24 heavy (non-hydrogen) atoms. The highest BCUT2D eigenvalue weighted by molar-refractivity contribution is 5.99. The number of rotatable bonds is 10. The van der Waals surface area contributed by atoms with Crippen LogP contribution in [0.15, 0.2) is 0 Å². The Labute approximate surface area is 141 Å². The topological polar surface area (TPSA) is 105 Å². The zero-order valence-electron chi connectivity index (χ0n) is 14.9. The largest absolute Gasteiger partial charge is 0.468 e. The summed E-state index contributed by atoms with van der Waals surface area (Å²) in [6.07, 6.45) is 0.335. The molecule has 0 amide bonds. The van der Waals surface area contributed by atoms with E-state index in [-0.39, 0.29) is 25.7 Å². The molecular formula is C16H26O8. The molecule has 138 valence electrons. The fourth-order valence-electron chi connectivity index (χ4n) is 2.52. The zero-order chi connectivity index (χ0) is 18.8. The number of hydrogen-bond acceptors (Lipinski definition) is 8. The Morgan fingerprint density at radius 2 is 1.33 bits per heavy atom. The van der Waals surface area contributed by atoms with Crippen molar-refractivity contribution in [1.82, 2.24) is 0 Å². The third-order valence-electron chi connectivity index (χ3n) is 3.47. The second-order valence-corrected chi connectivity index (χ2v) is 5.36. The van der Waals surface area contributed by atoms with Gasteiger partial charge < -0.3 is 18.9 Å². The van der Waals surface area contributed by atoms with Gasteiger partial charge in [-0.1, -0.05) is 13.3 Å². The predicted molar refractivity (Wildman–Crippen MR) is 82.5 cm³/mol. The third kappa shape index (κ3) is 6.55. The number of carbonyl (C=O) groups is 4. The van der Waals surface area contributed by atoms with Crippen LogP contribution in [0.25, 0.3) is 0 Å². The molecule has 0 radical (unpaired) electrons. The summed E-state index contributed by atoms with van der Waals surface area (Å²) in [6.45, 7) is 4.22. The predicted octanol–water partition coefficient (Wildman–Crippen LogP) is 1.74. The molecule has 0 aromatic carbocycles. The van der Waals surface area contributed by atoms with Crippen molar-refractivity contribution in [2.24, 2.45) is 5.41 Å². The van der Waals surface area contributed by atoms with Crippen LogP contribution in [0, 0.1) is 5.41 Å². The average Bonchev–Trinajstić information content (AvgIpc) is 2.51. The number of ether oxygens (including phenoxy) is 4. The van der Waals surface area contributed by atoms with Gasteiger partial charge in [0.15, 0.2) is 5.41 Å². The summed E-state index contributed by atoms with van der Waals surface area (Å²) >= 11 is 0. The van der Waals surface area contributed by atoms with Crippen molar-refractivity contribution >= 4 is 23.9 Å². The van der Waals surface area contributed by atoms with E-state index in [4.69, 9.17) is 18.9 Å². The van der Waals surface area contributed by atoms with Crippen molar-refractivity contribution in [2.75, 3.05) is 14.2 Å². The van der Waals surface area contributed by atoms with Gasteiger partial charge in [-0.3, -0.25) is 19.2 Å². The summed E-state index contributed by atoms with van der Waals surface area (Å²) in [7, 11) is 2.41. The van der Waals surface area contributed by atoms with Crippen molar-refractivity contribution in [3.8, 4) is 0 Å². The van der Waals surface area contributed by atoms with Crippen LogP contribution in [0.3, 0.4) is 0 Å². The van der Waals surface area contributed by atoms with Crippen LogP contribution in [0.1, 0.15) is 52.9 Å². The molecule has 0 aliphatic rings. The fraction of sp³-hybridized carbons (Fsp3) is 0.750. The van der Waals surface area contributed by atoms with E-state index in [2.05, 4.69) is 0 Å². The molecule has 0 spiro atoms. The Morgan fingerprint density at radius 1 is 0.875 bits per heavy atom. The molecule has 0 N–H and O–H groups in total. The van der Waals surface area contributed by atoms with E-state index in [0.29, 0.717) is 6.42 Å². The summed E-state index contributed by atoms with van der Waals surface area (Å²) in [5.41, 5.74) is -1.42. The molecule has 8 nitrogen and oxygen atoms in total. The van der Waals surface area contributed by atoms with E-state index in [0.717, 1.165) is 0 Å². The minimum absolute atomic E-state index is 0.124. The highest BCUT2D eigenvalue weighted by atomic mass is 16.7. The van der Waals surface area contributed by atoms with Gasteiger partial charge in [0.2, 0.25) is 6.29 Å². The summed E-state index contributed by atoms with van der Waals surface area (Å²) in [6, 6.07) is 0. The van der Waals surface area contributed by atoms with E-state index in [1.165, 1.54) is 28.1 Å². The average molecular weight is 346 g/mol. The van der Waals surface area contributed by atoms with Crippen LogP contribution in [0.5, 0.6) is 0 Å². The second-order valence-electron chi connectivity index (χ2n) is 5.36. The molecule has 0 unspecified atom stereocenters. The molecule has 0 rings (SSSR count). The fourth-order valence-corrected chi connectivity index (χ4v) is 2.52. The molecule has 0 saturated heterocycles. The number of carbonyl (C=O) groups excluding carboxylic acids is 4. The second kappa shape index (κ2) is 10.6. The molecule has 0 aliphatic heterocycles. The molecule has 0 aromatic heterocycles. The molecule has 0 atom stereocenters. The van der Waals surface area contributed by atoms with E-state index >= 15 is 0 Å². The first-order valence-corrected chi connectivity index (χ1v) is 7.74. The van der Waals surface area contributed by atoms with Gasteiger partial charge in [-0.25, -0.2) is 0 Å². The molecule has 0 fully saturated rings. The highest BCUT2D eigenvalue weighted by Crippen LogP contribution is 2.34. The Kier molecular flexibility index (Phi) is 9.68. The smallest absolute Gasteiger partial charge is 0.323 e. The van der Waals surface area contributed by atoms with Crippen molar-refractivity contribution in [2.45, 2.75) is 59.2 Å². The first kappa shape index (κ1) is 21.9. The molecule has 8 heteroatoms. The monoisotopic (exact) mass is 346 g/mol. The Bertz CT molecular complexity index is 425. The lowest BCUT2D eigenvalue weighted by Crippen LogP contribution is -2.41. The maximum atomic E-state index is 12.2. The van der Waals surface area contributed by atoms with E-state index < -0.39 is 35.6 Å². The van der Waals surface area contributed by atoms with Crippen LogP contribution in [0.4, 0.5) is 0 Å². The first-order valence-electron chi connectivity index (χ1n) is 7.74. The van der Waals surface area contributed by atoms with Crippen LogP contribution in [-0.2, 0) is 38.1 Å². The lowest BCUT2D eigenvalue weighted by atomic mass is 9.78. The Morgan fingerprint density at radius 3 is 1.67 bits per heavy atom. The van der Waals surface area contributed by atoms with Crippen LogP contribution >= 0.6 is 0 Å². The molecule has 0 saturated carbocycles. The maximum Gasteiger partial charge on any atom is 0.323 e. The van der Waals surface area contributed by atoms with Crippen molar-refractivity contribution in [3.63, 3.8) is 0 Å². The maximum absolute atomic E-state index is 12.2. The van der Waals surface area contributed by atoms with Crippen LogP contribution < -0.4 is 0 Å². The Hall–Kier alpha value is -2.12. The van der Waals surface area contributed by atoms with Gasteiger partial charge in [0.1, 0.15) is 0 Å².